The van der Waals surface area contributed by atoms with Crippen LogP contribution in [0.15, 0.2) is 4.79 Å². The van der Waals surface area contributed by atoms with E-state index < -0.39 is 29.0 Å². The van der Waals surface area contributed by atoms with Crippen LogP contribution in [0.3, 0.4) is 0 Å². The van der Waals surface area contributed by atoms with Crippen molar-refractivity contribution in [1.29, 1.82) is 0 Å². The number of H-pyrrole nitrogens is 1. The third kappa shape index (κ3) is 1.01. The first-order chi connectivity index (χ1) is 8.43. The molecule has 2 heterocycles. The Morgan fingerprint density at radius 2 is 1.72 bits per heavy atom. The molecule has 1 atom stereocenters. The average Bonchev–Trinajstić information content (AvgIpc) is 2.27. The van der Waals surface area contributed by atoms with E-state index in [1.165, 1.54) is 0 Å². The molecule has 0 aliphatic carbocycles. The molecule has 0 fully saturated rings. The molecule has 94 valence electrons. The quantitative estimate of drug-likeness (QED) is 0.441. The van der Waals surface area contributed by atoms with Crippen molar-refractivity contribution in [1.82, 2.24) is 4.98 Å². The lowest BCUT2D eigenvalue weighted by molar-refractivity contribution is 0.152. The van der Waals surface area contributed by atoms with Crippen LogP contribution in [-0.4, -0.2) is 25.4 Å². The Bertz CT molecular complexity index is 748. The monoisotopic (exact) mass is 251 g/mol. The topological polar surface area (TPSA) is 123 Å². The molecule has 1 aliphatic heterocycles. The van der Waals surface area contributed by atoms with Crippen molar-refractivity contribution in [3.05, 3.63) is 15.9 Å². The number of phenolic OH excluding ortho intramolecular Hbond substituents is 2. The Labute approximate surface area is 99.5 Å². The minimum absolute atomic E-state index is 0.0167. The standard InChI is InChI=1S/C11H9NO6/c1-2-3-6(13)4-5(7(14)9(3)18-2)10(16)12-11(17)8(4)15/h2,13-15H,1H3,(H2,12,16,17). The molecule has 7 nitrogen and oxygen atoms in total. The van der Waals surface area contributed by atoms with Crippen molar-refractivity contribution in [3.63, 3.8) is 0 Å². The number of fused-ring (bicyclic) bond motifs is 2. The highest BCUT2D eigenvalue weighted by atomic mass is 16.5. The van der Waals surface area contributed by atoms with Crippen LogP contribution < -0.4 is 10.3 Å². The lowest BCUT2D eigenvalue weighted by atomic mass is 9.96. The second-order valence-electron chi connectivity index (χ2n) is 4.10. The van der Waals surface area contributed by atoms with Gasteiger partial charge in [-0.2, -0.15) is 0 Å². The van der Waals surface area contributed by atoms with E-state index >= 15 is 0 Å². The van der Waals surface area contributed by atoms with E-state index in [-0.39, 0.29) is 22.3 Å². The van der Waals surface area contributed by atoms with E-state index in [2.05, 4.69) is 0 Å². The highest BCUT2D eigenvalue weighted by molar-refractivity contribution is 6.01. The Morgan fingerprint density at radius 3 is 2.33 bits per heavy atom. The number of rotatable bonds is 0. The summed E-state index contributed by atoms with van der Waals surface area (Å²) in [7, 11) is 0. The Kier molecular flexibility index (Phi) is 1.77. The van der Waals surface area contributed by atoms with Crippen molar-refractivity contribution >= 4 is 10.8 Å². The number of aromatic nitrogens is 1. The first-order valence-corrected chi connectivity index (χ1v) is 5.15. The maximum absolute atomic E-state index is 11.6. The third-order valence-electron chi connectivity index (χ3n) is 3.06. The van der Waals surface area contributed by atoms with E-state index in [0.717, 1.165) is 0 Å². The largest absolute Gasteiger partial charge is 0.507 e. The maximum atomic E-state index is 11.6. The molecule has 1 aliphatic rings. The third-order valence-corrected chi connectivity index (χ3v) is 3.06. The number of benzene rings is 1. The summed E-state index contributed by atoms with van der Waals surface area (Å²) in [5, 5.41) is 38.3. The van der Waals surface area contributed by atoms with Gasteiger partial charge in [-0.3, -0.25) is 9.78 Å². The number of hydrogen-bond donors (Lipinski definition) is 5. The first kappa shape index (κ1) is 10.6. The molecule has 0 radical (unpaired) electrons. The summed E-state index contributed by atoms with van der Waals surface area (Å²) in [6.45, 7) is 1.64. The lowest BCUT2D eigenvalue weighted by Gasteiger charge is -2.30. The molecule has 2 aromatic rings. The first-order valence-electron chi connectivity index (χ1n) is 5.15. The van der Waals surface area contributed by atoms with Crippen LogP contribution in [0.4, 0.5) is 0 Å². The molecule has 1 aromatic heterocycles. The van der Waals surface area contributed by atoms with E-state index in [9.17, 15) is 25.2 Å². The zero-order valence-electron chi connectivity index (χ0n) is 9.18. The van der Waals surface area contributed by atoms with Crippen molar-refractivity contribution in [2.75, 3.05) is 0 Å². The molecule has 18 heavy (non-hydrogen) atoms. The highest BCUT2D eigenvalue weighted by Gasteiger charge is 2.36. The summed E-state index contributed by atoms with van der Waals surface area (Å²) in [5.41, 5.74) is -0.542. The normalized spacial score (nSPS) is 17.1. The minimum atomic E-state index is -0.834. The zero-order chi connectivity index (χ0) is 13.2. The van der Waals surface area contributed by atoms with Crippen LogP contribution in [-0.2, 0) is 0 Å². The molecule has 7 heteroatoms. The Balaban J connectivity index is 2.62. The number of nitrogens with one attached hydrogen (secondary N) is 1. The van der Waals surface area contributed by atoms with Gasteiger partial charge in [0.15, 0.2) is 17.2 Å². The van der Waals surface area contributed by atoms with Crippen LogP contribution in [0.2, 0.25) is 0 Å². The van der Waals surface area contributed by atoms with Crippen molar-refractivity contribution in [2.45, 2.75) is 13.0 Å². The number of aromatic hydroxyl groups is 4. The fourth-order valence-electron chi connectivity index (χ4n) is 2.19. The van der Waals surface area contributed by atoms with Crippen molar-refractivity contribution in [2.24, 2.45) is 0 Å². The van der Waals surface area contributed by atoms with Crippen molar-refractivity contribution < 1.29 is 25.2 Å². The summed E-state index contributed by atoms with van der Waals surface area (Å²) in [4.78, 5) is 13.6. The fraction of sp³-hybridized carbons (Fsp3) is 0.182. The average molecular weight is 251 g/mol. The van der Waals surface area contributed by atoms with E-state index in [4.69, 9.17) is 4.74 Å². The molecule has 0 amide bonds. The molecule has 1 unspecified atom stereocenters. The smallest absolute Gasteiger partial charge is 0.262 e. The maximum Gasteiger partial charge on any atom is 0.262 e. The number of aromatic amines is 1. The van der Waals surface area contributed by atoms with Crippen LogP contribution in [0.5, 0.6) is 28.9 Å². The van der Waals surface area contributed by atoms with Crippen LogP contribution in [0.25, 0.3) is 10.8 Å². The van der Waals surface area contributed by atoms with Gasteiger partial charge in [-0.1, -0.05) is 0 Å². The predicted molar refractivity (Wildman–Crippen MR) is 60.3 cm³/mol. The van der Waals surface area contributed by atoms with Crippen LogP contribution in [0.1, 0.15) is 18.6 Å². The molecular formula is C11H9NO6. The molecule has 0 spiro atoms. The molecule has 0 bridgehead atoms. The molecule has 5 N–H and O–H groups in total. The second-order valence-corrected chi connectivity index (χ2v) is 4.10. The summed E-state index contributed by atoms with van der Waals surface area (Å²) in [5.74, 6) is -2.29. The molecule has 3 rings (SSSR count). The van der Waals surface area contributed by atoms with E-state index in [1.807, 2.05) is 4.98 Å². The van der Waals surface area contributed by atoms with Gasteiger partial charge in [-0.15, -0.1) is 0 Å². The summed E-state index contributed by atoms with van der Waals surface area (Å²) in [6.07, 6.45) is -0.462. The number of hydrogen-bond acceptors (Lipinski definition) is 6. The summed E-state index contributed by atoms with van der Waals surface area (Å²) < 4.78 is 5.12. The fourth-order valence-corrected chi connectivity index (χ4v) is 2.19. The van der Waals surface area contributed by atoms with Gasteiger partial charge >= 0.3 is 0 Å². The second kappa shape index (κ2) is 3.00. The molecule has 0 saturated carbocycles. The van der Waals surface area contributed by atoms with E-state index in [0.29, 0.717) is 5.56 Å². The number of phenols is 2. The predicted octanol–water partition coefficient (Wildman–Crippen LogP) is 0.804. The van der Waals surface area contributed by atoms with Gasteiger partial charge in [-0.05, 0) is 6.92 Å². The SMILES string of the molecule is CC1Oc2c1c(O)c1c(O)c(O)[nH]c(=O)c1c2O. The van der Waals surface area contributed by atoms with Gasteiger partial charge in [0.2, 0.25) is 5.88 Å². The Morgan fingerprint density at radius 1 is 1.06 bits per heavy atom. The van der Waals surface area contributed by atoms with Gasteiger partial charge in [0.1, 0.15) is 17.2 Å². The summed E-state index contributed by atoms with van der Waals surface area (Å²) >= 11 is 0. The number of pyridine rings is 1. The molecule has 0 saturated heterocycles. The summed E-state index contributed by atoms with van der Waals surface area (Å²) in [6, 6.07) is 0. The molecule has 1 aromatic carbocycles. The van der Waals surface area contributed by atoms with Crippen LogP contribution >= 0.6 is 0 Å². The molecular weight excluding hydrogens is 242 g/mol. The van der Waals surface area contributed by atoms with Gasteiger partial charge < -0.3 is 25.2 Å². The van der Waals surface area contributed by atoms with Gasteiger partial charge in [0, 0.05) is 0 Å². The van der Waals surface area contributed by atoms with E-state index in [1.54, 1.807) is 6.92 Å². The van der Waals surface area contributed by atoms with Gasteiger partial charge in [0.25, 0.3) is 5.56 Å². The van der Waals surface area contributed by atoms with Gasteiger partial charge in [-0.25, -0.2) is 0 Å². The minimum Gasteiger partial charge on any atom is -0.507 e. The van der Waals surface area contributed by atoms with Crippen LogP contribution in [0, 0.1) is 0 Å². The zero-order valence-corrected chi connectivity index (χ0v) is 9.18. The number of ether oxygens (including phenoxy) is 1. The Hall–Kier alpha value is -2.57. The van der Waals surface area contributed by atoms with Crippen molar-refractivity contribution in [3.8, 4) is 28.9 Å². The van der Waals surface area contributed by atoms with Gasteiger partial charge in [0.05, 0.1) is 10.9 Å². The highest BCUT2D eigenvalue weighted by Crippen LogP contribution is 2.55. The lowest BCUT2D eigenvalue weighted by Crippen LogP contribution is -2.18.